The summed E-state index contributed by atoms with van der Waals surface area (Å²) in [5, 5.41) is 11.1. The van der Waals surface area contributed by atoms with E-state index in [2.05, 4.69) is 10.0 Å². The molecular formula is C9H17N3O5S. The number of amides is 2. The monoisotopic (exact) mass is 279 g/mol. The second-order valence-corrected chi connectivity index (χ2v) is 6.10. The summed E-state index contributed by atoms with van der Waals surface area (Å²) in [7, 11) is -3.24. The minimum atomic E-state index is -3.24. The molecule has 8 nitrogen and oxygen atoms in total. The number of rotatable bonds is 6. The van der Waals surface area contributed by atoms with Gasteiger partial charge in [-0.05, 0) is 0 Å². The van der Waals surface area contributed by atoms with Crippen LogP contribution in [-0.2, 0) is 14.8 Å². The number of nitrogens with one attached hydrogen (secondary N) is 2. The summed E-state index contributed by atoms with van der Waals surface area (Å²) < 4.78 is 23.7. The normalized spacial score (nSPS) is 16.2. The zero-order valence-corrected chi connectivity index (χ0v) is 10.9. The van der Waals surface area contributed by atoms with Crippen molar-refractivity contribution in [2.75, 3.05) is 32.4 Å². The molecule has 0 bridgehead atoms. The Balaban J connectivity index is 2.11. The largest absolute Gasteiger partial charge is 0.481 e. The van der Waals surface area contributed by atoms with E-state index < -0.39 is 16.0 Å². The Morgan fingerprint density at radius 2 is 1.94 bits per heavy atom. The van der Waals surface area contributed by atoms with Gasteiger partial charge in [0.1, 0.15) is 0 Å². The van der Waals surface area contributed by atoms with E-state index in [1.807, 2.05) is 0 Å². The number of carboxylic acids is 1. The van der Waals surface area contributed by atoms with E-state index in [1.165, 1.54) is 4.90 Å². The average molecular weight is 279 g/mol. The first-order chi connectivity index (χ1) is 8.28. The summed E-state index contributed by atoms with van der Waals surface area (Å²) in [6.07, 6.45) is 1.11. The highest BCUT2D eigenvalue weighted by Crippen LogP contribution is 2.18. The number of hydrogen-bond donors (Lipinski definition) is 3. The minimum absolute atomic E-state index is 0.0161. The van der Waals surface area contributed by atoms with Gasteiger partial charge in [-0.25, -0.2) is 17.9 Å². The van der Waals surface area contributed by atoms with Gasteiger partial charge in [-0.3, -0.25) is 4.79 Å². The van der Waals surface area contributed by atoms with E-state index in [-0.39, 0.29) is 31.5 Å². The highest BCUT2D eigenvalue weighted by Gasteiger charge is 2.31. The molecule has 0 atom stereocenters. The molecule has 1 aliphatic heterocycles. The molecule has 3 N–H and O–H groups in total. The van der Waals surface area contributed by atoms with Crippen LogP contribution in [0.25, 0.3) is 0 Å². The van der Waals surface area contributed by atoms with Gasteiger partial charge in [0.05, 0.1) is 12.7 Å². The lowest BCUT2D eigenvalue weighted by Crippen LogP contribution is -2.54. The molecule has 0 radical (unpaired) electrons. The van der Waals surface area contributed by atoms with Crippen molar-refractivity contribution in [3.05, 3.63) is 0 Å². The Bertz CT molecular complexity index is 416. The fraction of sp³-hybridized carbons (Fsp3) is 0.778. The predicted molar refractivity (Wildman–Crippen MR) is 63.6 cm³/mol. The molecule has 0 unspecified atom stereocenters. The van der Waals surface area contributed by atoms with Crippen LogP contribution < -0.4 is 10.0 Å². The predicted octanol–water partition coefficient (Wildman–Crippen LogP) is -1.35. The Morgan fingerprint density at radius 1 is 1.33 bits per heavy atom. The SMILES string of the molecule is CS(=O)(=O)NCCNC(=O)N1CC(CC(=O)O)C1. The number of nitrogens with zero attached hydrogens (tertiary/aromatic N) is 1. The molecular weight excluding hydrogens is 262 g/mol. The highest BCUT2D eigenvalue weighted by molar-refractivity contribution is 7.88. The third-order valence-corrected chi connectivity index (χ3v) is 3.20. The van der Waals surface area contributed by atoms with Crippen molar-refractivity contribution in [1.29, 1.82) is 0 Å². The van der Waals surface area contributed by atoms with Gasteiger partial charge in [0.25, 0.3) is 0 Å². The van der Waals surface area contributed by atoms with Crippen LogP contribution in [0.15, 0.2) is 0 Å². The first-order valence-electron chi connectivity index (χ1n) is 5.47. The van der Waals surface area contributed by atoms with Gasteiger partial charge in [-0.2, -0.15) is 0 Å². The molecule has 0 aromatic carbocycles. The van der Waals surface area contributed by atoms with Crippen molar-refractivity contribution in [2.24, 2.45) is 5.92 Å². The molecule has 1 heterocycles. The van der Waals surface area contributed by atoms with Crippen LogP contribution in [0.4, 0.5) is 4.79 Å². The lowest BCUT2D eigenvalue weighted by atomic mass is 9.97. The van der Waals surface area contributed by atoms with Crippen molar-refractivity contribution >= 4 is 22.0 Å². The van der Waals surface area contributed by atoms with Crippen molar-refractivity contribution in [3.8, 4) is 0 Å². The van der Waals surface area contributed by atoms with Crippen molar-refractivity contribution in [1.82, 2.24) is 14.9 Å². The summed E-state index contributed by atoms with van der Waals surface area (Å²) in [4.78, 5) is 23.4. The summed E-state index contributed by atoms with van der Waals surface area (Å²) >= 11 is 0. The molecule has 2 amide bonds. The van der Waals surface area contributed by atoms with Crippen molar-refractivity contribution in [2.45, 2.75) is 6.42 Å². The molecule has 0 aliphatic carbocycles. The molecule has 9 heteroatoms. The summed E-state index contributed by atoms with van der Waals surface area (Å²) in [5.41, 5.74) is 0. The molecule has 0 saturated carbocycles. The Hall–Kier alpha value is -1.35. The van der Waals surface area contributed by atoms with Gasteiger partial charge < -0.3 is 15.3 Å². The topological polar surface area (TPSA) is 116 Å². The van der Waals surface area contributed by atoms with Crippen molar-refractivity contribution < 1.29 is 23.1 Å². The first-order valence-corrected chi connectivity index (χ1v) is 7.36. The molecule has 18 heavy (non-hydrogen) atoms. The van der Waals surface area contributed by atoms with Gasteiger partial charge in [-0.1, -0.05) is 0 Å². The second-order valence-electron chi connectivity index (χ2n) is 4.27. The molecule has 104 valence electrons. The fourth-order valence-electron chi connectivity index (χ4n) is 1.63. The van der Waals surface area contributed by atoms with E-state index in [0.29, 0.717) is 13.1 Å². The standard InChI is InChI=1S/C9H17N3O5S/c1-18(16,17)11-3-2-10-9(15)12-5-7(6-12)4-8(13)14/h7,11H,2-6H2,1H3,(H,10,15)(H,13,14). The zero-order valence-electron chi connectivity index (χ0n) is 10.0. The van der Waals surface area contributed by atoms with Crippen LogP contribution in [-0.4, -0.2) is 62.9 Å². The van der Waals surface area contributed by atoms with Gasteiger partial charge in [-0.15, -0.1) is 0 Å². The number of carbonyl (C=O) groups excluding carboxylic acids is 1. The molecule has 1 fully saturated rings. The van der Waals surface area contributed by atoms with Gasteiger partial charge in [0.15, 0.2) is 0 Å². The van der Waals surface area contributed by atoms with Crippen LogP contribution >= 0.6 is 0 Å². The van der Waals surface area contributed by atoms with Crippen LogP contribution in [0.3, 0.4) is 0 Å². The summed E-state index contributed by atoms with van der Waals surface area (Å²) in [6, 6.07) is -0.299. The van der Waals surface area contributed by atoms with Crippen LogP contribution in [0.5, 0.6) is 0 Å². The number of carbonyl (C=O) groups is 2. The smallest absolute Gasteiger partial charge is 0.317 e. The Morgan fingerprint density at radius 3 is 2.44 bits per heavy atom. The van der Waals surface area contributed by atoms with E-state index in [0.717, 1.165) is 6.26 Å². The van der Waals surface area contributed by atoms with Gasteiger partial charge >= 0.3 is 12.0 Å². The number of sulfonamides is 1. The maximum atomic E-state index is 11.5. The van der Waals surface area contributed by atoms with E-state index in [4.69, 9.17) is 5.11 Å². The molecule has 1 rings (SSSR count). The number of hydrogen-bond acceptors (Lipinski definition) is 4. The highest BCUT2D eigenvalue weighted by atomic mass is 32.2. The number of carboxylic acid groups (broad SMARTS) is 1. The molecule has 0 spiro atoms. The summed E-state index contributed by atoms with van der Waals surface area (Å²) in [6.45, 7) is 1.19. The molecule has 1 aliphatic rings. The third kappa shape index (κ3) is 5.32. The van der Waals surface area contributed by atoms with Gasteiger partial charge in [0, 0.05) is 32.1 Å². The van der Waals surface area contributed by atoms with Crippen LogP contribution in [0.1, 0.15) is 6.42 Å². The molecule has 1 saturated heterocycles. The molecule has 0 aromatic rings. The minimum Gasteiger partial charge on any atom is -0.481 e. The number of urea groups is 1. The van der Waals surface area contributed by atoms with E-state index in [1.54, 1.807) is 0 Å². The lowest BCUT2D eigenvalue weighted by molar-refractivity contribution is -0.139. The second kappa shape index (κ2) is 6.01. The number of likely N-dealkylation sites (tertiary alicyclic amines) is 1. The van der Waals surface area contributed by atoms with Crippen LogP contribution in [0.2, 0.25) is 0 Å². The quantitative estimate of drug-likeness (QED) is 0.520. The Labute approximate surface area is 105 Å². The maximum Gasteiger partial charge on any atom is 0.317 e. The third-order valence-electron chi connectivity index (χ3n) is 2.47. The summed E-state index contributed by atoms with van der Waals surface area (Å²) in [5.74, 6) is -0.847. The Kier molecular flexibility index (Phi) is 4.91. The number of aliphatic carboxylic acids is 1. The van der Waals surface area contributed by atoms with Gasteiger partial charge in [0.2, 0.25) is 10.0 Å². The van der Waals surface area contributed by atoms with E-state index in [9.17, 15) is 18.0 Å². The fourth-order valence-corrected chi connectivity index (χ4v) is 2.10. The maximum absolute atomic E-state index is 11.5. The van der Waals surface area contributed by atoms with Crippen LogP contribution in [0, 0.1) is 5.92 Å². The average Bonchev–Trinajstić information content (AvgIpc) is 2.15. The zero-order chi connectivity index (χ0) is 13.8. The molecule has 0 aromatic heterocycles. The lowest BCUT2D eigenvalue weighted by Gasteiger charge is -2.38. The van der Waals surface area contributed by atoms with Crippen molar-refractivity contribution in [3.63, 3.8) is 0 Å². The van der Waals surface area contributed by atoms with E-state index >= 15 is 0 Å². The first kappa shape index (κ1) is 14.7.